The molecule has 0 aliphatic carbocycles. The van der Waals surface area contributed by atoms with Crippen LogP contribution in [0, 0.1) is 0 Å². The Balaban J connectivity index is 2.40. The van der Waals surface area contributed by atoms with Crippen LogP contribution in [-0.4, -0.2) is 131 Å². The average molecular weight is 863 g/mol. The van der Waals surface area contributed by atoms with Crippen LogP contribution >= 0.6 is 0 Å². The van der Waals surface area contributed by atoms with E-state index in [9.17, 15) is 19.2 Å². The number of carbonyl (C=O) groups is 4. The van der Waals surface area contributed by atoms with E-state index in [0.717, 1.165) is 90.8 Å². The van der Waals surface area contributed by atoms with Crippen LogP contribution in [0.2, 0.25) is 0 Å². The lowest BCUT2D eigenvalue weighted by molar-refractivity contribution is -0.129. The van der Waals surface area contributed by atoms with Crippen molar-refractivity contribution >= 4 is 23.6 Å². The molecule has 1 rings (SSSR count). The van der Waals surface area contributed by atoms with Crippen molar-refractivity contribution in [2.45, 2.75) is 186 Å². The summed E-state index contributed by atoms with van der Waals surface area (Å²) in [5.74, 6) is -0.575. The molecule has 14 nitrogen and oxygen atoms in total. The van der Waals surface area contributed by atoms with Gasteiger partial charge in [-0.15, -0.1) is 0 Å². The topological polar surface area (TPSA) is 213 Å². The highest BCUT2D eigenvalue weighted by molar-refractivity contribution is 5.87. The molecule has 0 spiro atoms. The van der Waals surface area contributed by atoms with E-state index in [-0.39, 0.29) is 23.6 Å². The van der Waals surface area contributed by atoms with Gasteiger partial charge in [-0.05, 0) is 130 Å². The second-order valence-electron chi connectivity index (χ2n) is 17.3. The largest absolute Gasteiger partial charge is 0.355 e. The third-order valence-electron chi connectivity index (χ3n) is 11.7. The minimum absolute atomic E-state index is 0.0745. The van der Waals surface area contributed by atoms with Gasteiger partial charge in [0.05, 0.1) is 12.1 Å². The second kappa shape index (κ2) is 40.2. The van der Waals surface area contributed by atoms with E-state index >= 15 is 0 Å². The molecule has 1 aliphatic rings. The van der Waals surface area contributed by atoms with Crippen LogP contribution in [0.4, 0.5) is 0 Å². The van der Waals surface area contributed by atoms with E-state index in [1.54, 1.807) is 0 Å². The molecular weight excluding hydrogens is 769 g/mol. The van der Waals surface area contributed by atoms with E-state index in [4.69, 9.17) is 17.2 Å². The van der Waals surface area contributed by atoms with E-state index in [1.165, 1.54) is 64.2 Å². The number of nitrogens with one attached hydrogen (secondary N) is 5. The number of amides is 4. The number of unbranched alkanes of at least 4 members (excludes halogenated alkanes) is 14. The fourth-order valence-electron chi connectivity index (χ4n) is 7.66. The number of nitrogens with two attached hydrogens (primary N) is 3. The van der Waals surface area contributed by atoms with Gasteiger partial charge >= 0.3 is 0 Å². The first-order valence-corrected chi connectivity index (χ1v) is 24.8. The van der Waals surface area contributed by atoms with Crippen LogP contribution in [0.15, 0.2) is 12.2 Å². The zero-order valence-corrected chi connectivity index (χ0v) is 39.1. The van der Waals surface area contributed by atoms with E-state index in [1.807, 2.05) is 7.05 Å². The van der Waals surface area contributed by atoms with Crippen molar-refractivity contribution in [3.8, 4) is 0 Å². The third-order valence-corrected chi connectivity index (χ3v) is 11.7. The lowest BCUT2D eigenvalue weighted by Crippen LogP contribution is -2.48. The Morgan fingerprint density at radius 1 is 0.541 bits per heavy atom. The molecule has 0 aromatic rings. The van der Waals surface area contributed by atoms with Crippen molar-refractivity contribution in [3.05, 3.63) is 12.2 Å². The Bertz CT molecular complexity index is 1120. The Labute approximate surface area is 372 Å². The van der Waals surface area contributed by atoms with Crippen molar-refractivity contribution in [2.75, 3.05) is 79.0 Å². The zero-order valence-electron chi connectivity index (χ0n) is 39.1. The Hall–Kier alpha value is -2.62. The molecule has 1 fully saturated rings. The fourth-order valence-corrected chi connectivity index (χ4v) is 7.66. The van der Waals surface area contributed by atoms with Crippen LogP contribution in [0.5, 0.6) is 0 Å². The predicted octanol–water partition coefficient (Wildman–Crippen LogP) is 4.60. The van der Waals surface area contributed by atoms with Gasteiger partial charge in [-0.25, -0.2) is 0 Å². The molecule has 356 valence electrons. The molecule has 0 radical (unpaired) electrons. The van der Waals surface area contributed by atoms with Gasteiger partial charge in [0.25, 0.3) is 0 Å². The highest BCUT2D eigenvalue weighted by atomic mass is 16.2. The van der Waals surface area contributed by atoms with Crippen LogP contribution in [0.3, 0.4) is 0 Å². The number of hydrogen-bond donors (Lipinski definition) is 8. The highest BCUT2D eigenvalue weighted by Gasteiger charge is 2.21. The lowest BCUT2D eigenvalue weighted by atomic mass is 10.1. The van der Waals surface area contributed by atoms with Gasteiger partial charge in [-0.1, -0.05) is 76.9 Å². The third kappa shape index (κ3) is 32.7. The minimum Gasteiger partial charge on any atom is -0.355 e. The zero-order chi connectivity index (χ0) is 44.6. The maximum atomic E-state index is 13.4. The molecule has 0 aromatic heterocycles. The first-order valence-electron chi connectivity index (χ1n) is 24.8. The van der Waals surface area contributed by atoms with E-state index in [2.05, 4.69) is 55.5 Å². The summed E-state index contributed by atoms with van der Waals surface area (Å²) in [6.07, 6.45) is 28.9. The maximum absolute atomic E-state index is 13.4. The Morgan fingerprint density at radius 2 is 1.00 bits per heavy atom. The van der Waals surface area contributed by atoms with Crippen molar-refractivity contribution in [3.63, 3.8) is 0 Å². The van der Waals surface area contributed by atoms with Crippen molar-refractivity contribution < 1.29 is 19.2 Å². The number of nitrogens with zero attached hydrogens (tertiary/aromatic N) is 2. The number of piperazine rings is 1. The number of carbonyl (C=O) groups excluding carboxylic acids is 4. The molecular formula is C47H94N10O4. The van der Waals surface area contributed by atoms with E-state index < -0.39 is 18.1 Å². The smallest absolute Gasteiger partial charge is 0.242 e. The number of rotatable bonds is 41. The van der Waals surface area contributed by atoms with Crippen molar-refractivity contribution in [1.82, 2.24) is 36.4 Å². The molecule has 4 amide bonds. The van der Waals surface area contributed by atoms with Gasteiger partial charge in [-0.2, -0.15) is 0 Å². The molecule has 0 bridgehead atoms. The van der Waals surface area contributed by atoms with Gasteiger partial charge < -0.3 is 53.6 Å². The van der Waals surface area contributed by atoms with Crippen LogP contribution < -0.4 is 43.8 Å². The molecule has 0 aromatic carbocycles. The van der Waals surface area contributed by atoms with Crippen LogP contribution in [0.25, 0.3) is 0 Å². The summed E-state index contributed by atoms with van der Waals surface area (Å²) in [7, 11) is 2.00. The summed E-state index contributed by atoms with van der Waals surface area (Å²) >= 11 is 0. The number of hydrogen-bond acceptors (Lipinski definition) is 10. The van der Waals surface area contributed by atoms with Crippen LogP contribution in [-0.2, 0) is 19.2 Å². The van der Waals surface area contributed by atoms with Gasteiger partial charge in [0.15, 0.2) is 0 Å². The summed E-state index contributed by atoms with van der Waals surface area (Å²) in [5, 5.41) is 15.1. The molecule has 11 N–H and O–H groups in total. The van der Waals surface area contributed by atoms with Crippen molar-refractivity contribution in [2.24, 2.45) is 17.2 Å². The lowest BCUT2D eigenvalue weighted by Gasteiger charge is -2.34. The highest BCUT2D eigenvalue weighted by Crippen LogP contribution is 2.11. The van der Waals surface area contributed by atoms with Gasteiger partial charge in [-0.3, -0.25) is 19.2 Å². The summed E-state index contributed by atoms with van der Waals surface area (Å²) in [5.41, 5.74) is 17.6. The predicted molar refractivity (Wildman–Crippen MR) is 253 cm³/mol. The summed E-state index contributed by atoms with van der Waals surface area (Å²) in [6, 6.07) is -1.76. The summed E-state index contributed by atoms with van der Waals surface area (Å²) < 4.78 is 0. The van der Waals surface area contributed by atoms with Gasteiger partial charge in [0, 0.05) is 52.2 Å². The fraction of sp³-hybridized carbons (Fsp3) is 0.872. The molecule has 1 heterocycles. The molecule has 14 heteroatoms. The SMILES string of the molecule is CCCCCCCC/C=C\CCCCCCCC(=O)NC(CCCCNC(=O)C(N)CCCCNC(=O)C(N)CCCCN)C(=O)NCCCN1CCN(CCCNC)CC1. The minimum atomic E-state index is -0.629. The molecule has 61 heavy (non-hydrogen) atoms. The number of allylic oxidation sites excluding steroid dienone is 2. The summed E-state index contributed by atoms with van der Waals surface area (Å²) in [6.45, 7) is 11.8. The molecule has 3 atom stereocenters. The quantitative estimate of drug-likeness (QED) is 0.0316. The molecule has 1 aliphatic heterocycles. The summed E-state index contributed by atoms with van der Waals surface area (Å²) in [4.78, 5) is 56.1. The monoisotopic (exact) mass is 863 g/mol. The Morgan fingerprint density at radius 3 is 1.54 bits per heavy atom. The average Bonchev–Trinajstić information content (AvgIpc) is 3.26. The second-order valence-corrected chi connectivity index (χ2v) is 17.3. The van der Waals surface area contributed by atoms with Crippen molar-refractivity contribution in [1.29, 1.82) is 0 Å². The molecule has 0 saturated carbocycles. The standard InChI is InChI=1S/C47H94N10O4/c1-3-4-5-6-7-8-9-10-11-12-13-14-15-16-17-29-44(58)55-43(47(61)54-34-25-36-57-39-37-56(38-40-57)35-24-31-51-2)28-20-23-33-53-46(60)42(50)27-19-22-32-52-45(59)41(49)26-18-21-30-48/h10-11,41-43,51H,3-9,12-40,48-50H2,1-2H3,(H,52,59)(H,53,60)(H,54,61)(H,55,58)/b11-10-. The normalized spacial score (nSPS) is 15.1. The Kier molecular flexibility index (Phi) is 37.1. The first-order chi connectivity index (χ1) is 29.7. The van der Waals surface area contributed by atoms with E-state index in [0.29, 0.717) is 77.5 Å². The van der Waals surface area contributed by atoms with Gasteiger partial charge in [0.2, 0.25) is 23.6 Å². The molecule has 3 unspecified atom stereocenters. The first kappa shape index (κ1) is 56.4. The maximum Gasteiger partial charge on any atom is 0.242 e. The van der Waals surface area contributed by atoms with Crippen LogP contribution in [0.1, 0.15) is 167 Å². The molecule has 1 saturated heterocycles. The van der Waals surface area contributed by atoms with Gasteiger partial charge in [0.1, 0.15) is 6.04 Å².